The maximum absolute atomic E-state index is 12.6. The first-order valence-corrected chi connectivity index (χ1v) is 10.6. The molecular formula is C20H28ClF2IN6O. The minimum atomic E-state index is -2.90. The van der Waals surface area contributed by atoms with Crippen molar-refractivity contribution in [1.82, 2.24) is 25.4 Å². The van der Waals surface area contributed by atoms with Crippen LogP contribution in [0.15, 0.2) is 23.2 Å². The number of halogens is 4. The summed E-state index contributed by atoms with van der Waals surface area (Å²) in [5, 5.41) is 15.5. The summed E-state index contributed by atoms with van der Waals surface area (Å²) in [5.41, 5.74) is 0.489. The largest absolute Gasteiger partial charge is 0.434 e. The predicted octanol–water partition coefficient (Wildman–Crippen LogP) is 4.18. The van der Waals surface area contributed by atoms with E-state index in [-0.39, 0.29) is 36.3 Å². The number of rotatable bonds is 8. The molecule has 2 aromatic rings. The normalized spacial score (nSPS) is 13.9. The molecule has 0 atom stereocenters. The SMILES string of the molecule is CCNC(=NCc1cc(Cl)ccc1OC(F)F)NCCc1nnc2n1CCCCC2.I. The number of hydrogen-bond donors (Lipinski definition) is 2. The van der Waals surface area contributed by atoms with Gasteiger partial charge in [0.05, 0.1) is 6.54 Å². The molecule has 0 amide bonds. The van der Waals surface area contributed by atoms with Gasteiger partial charge in [0.15, 0.2) is 5.96 Å². The summed E-state index contributed by atoms with van der Waals surface area (Å²) in [7, 11) is 0. The molecule has 0 saturated carbocycles. The fraction of sp³-hybridized carbons (Fsp3) is 0.550. The van der Waals surface area contributed by atoms with E-state index in [4.69, 9.17) is 11.6 Å². The Kier molecular flexibility index (Phi) is 10.7. The lowest BCUT2D eigenvalue weighted by Crippen LogP contribution is -2.38. The van der Waals surface area contributed by atoms with Crippen LogP contribution >= 0.6 is 35.6 Å². The summed E-state index contributed by atoms with van der Waals surface area (Å²) < 4.78 is 32.1. The summed E-state index contributed by atoms with van der Waals surface area (Å²) in [6.07, 6.45) is 5.23. The molecule has 0 aliphatic carbocycles. The molecule has 31 heavy (non-hydrogen) atoms. The Balaban J connectivity index is 0.00000341. The van der Waals surface area contributed by atoms with Gasteiger partial charge >= 0.3 is 6.61 Å². The Hall–Kier alpha value is -1.69. The summed E-state index contributed by atoms with van der Waals surface area (Å²) >= 11 is 6.00. The maximum Gasteiger partial charge on any atom is 0.387 e. The van der Waals surface area contributed by atoms with Crippen molar-refractivity contribution in [2.75, 3.05) is 13.1 Å². The first kappa shape index (κ1) is 25.6. The monoisotopic (exact) mass is 568 g/mol. The molecule has 0 spiro atoms. The number of fused-ring (bicyclic) bond motifs is 1. The number of aryl methyl sites for hydroxylation is 1. The topological polar surface area (TPSA) is 76.4 Å². The summed E-state index contributed by atoms with van der Waals surface area (Å²) in [5.74, 6) is 2.68. The Labute approximate surface area is 203 Å². The van der Waals surface area contributed by atoms with E-state index >= 15 is 0 Å². The van der Waals surface area contributed by atoms with Gasteiger partial charge in [0.1, 0.15) is 17.4 Å². The molecule has 1 aliphatic heterocycles. The molecule has 172 valence electrons. The third-order valence-electron chi connectivity index (χ3n) is 4.82. The summed E-state index contributed by atoms with van der Waals surface area (Å²) in [6, 6.07) is 4.52. The lowest BCUT2D eigenvalue weighted by Gasteiger charge is -2.13. The summed E-state index contributed by atoms with van der Waals surface area (Å²) in [6.45, 7) is 1.47. The quantitative estimate of drug-likeness (QED) is 0.284. The van der Waals surface area contributed by atoms with E-state index in [0.717, 1.165) is 37.5 Å². The Morgan fingerprint density at radius 1 is 1.26 bits per heavy atom. The standard InChI is InChI=1S/C20H27ClF2N6O.HI/c1-2-24-20(26-13-14-12-15(21)7-8-16(14)30-19(22)23)25-10-9-18-28-27-17-6-4-3-5-11-29(17)18;/h7-8,12,19H,2-6,9-11,13H2,1H3,(H2,24,25,26);1H. The van der Waals surface area contributed by atoms with Gasteiger partial charge in [0.25, 0.3) is 0 Å². The van der Waals surface area contributed by atoms with Gasteiger partial charge in [-0.15, -0.1) is 34.2 Å². The molecule has 3 rings (SSSR count). The highest BCUT2D eigenvalue weighted by atomic mass is 127. The van der Waals surface area contributed by atoms with Crippen LogP contribution in [-0.4, -0.2) is 40.4 Å². The predicted molar refractivity (Wildman–Crippen MR) is 128 cm³/mol. The fourth-order valence-electron chi connectivity index (χ4n) is 3.41. The minimum absolute atomic E-state index is 0. The first-order chi connectivity index (χ1) is 14.6. The number of benzene rings is 1. The molecule has 1 aliphatic rings. The number of aromatic nitrogens is 3. The lowest BCUT2D eigenvalue weighted by molar-refractivity contribution is -0.0504. The van der Waals surface area contributed by atoms with Crippen molar-refractivity contribution in [3.63, 3.8) is 0 Å². The molecule has 0 unspecified atom stereocenters. The number of aliphatic imine (C=N–C) groups is 1. The lowest BCUT2D eigenvalue weighted by atomic mass is 10.2. The second-order valence-corrected chi connectivity index (χ2v) is 7.43. The Morgan fingerprint density at radius 2 is 2.10 bits per heavy atom. The van der Waals surface area contributed by atoms with E-state index < -0.39 is 6.61 Å². The second kappa shape index (κ2) is 13.0. The van der Waals surface area contributed by atoms with Crippen LogP contribution in [0, 0.1) is 0 Å². The molecular weight excluding hydrogens is 541 g/mol. The number of guanidine groups is 1. The molecule has 0 radical (unpaired) electrons. The van der Waals surface area contributed by atoms with Crippen molar-refractivity contribution in [2.45, 2.75) is 58.7 Å². The molecule has 11 heteroatoms. The number of nitrogens with zero attached hydrogens (tertiary/aromatic N) is 4. The van der Waals surface area contributed by atoms with Gasteiger partial charge in [0.2, 0.25) is 0 Å². The molecule has 2 N–H and O–H groups in total. The van der Waals surface area contributed by atoms with Crippen LogP contribution in [0.1, 0.15) is 43.4 Å². The zero-order valence-electron chi connectivity index (χ0n) is 17.4. The van der Waals surface area contributed by atoms with Gasteiger partial charge in [-0.1, -0.05) is 18.0 Å². The van der Waals surface area contributed by atoms with Crippen LogP contribution in [0.25, 0.3) is 0 Å². The smallest absolute Gasteiger partial charge is 0.387 e. The van der Waals surface area contributed by atoms with Gasteiger partial charge in [-0.3, -0.25) is 0 Å². The van der Waals surface area contributed by atoms with Gasteiger partial charge in [-0.25, -0.2) is 4.99 Å². The van der Waals surface area contributed by atoms with Crippen LogP contribution in [0.5, 0.6) is 5.75 Å². The van der Waals surface area contributed by atoms with Crippen LogP contribution in [-0.2, 0) is 25.9 Å². The van der Waals surface area contributed by atoms with E-state index in [9.17, 15) is 8.78 Å². The average Bonchev–Trinajstić information content (AvgIpc) is 2.93. The van der Waals surface area contributed by atoms with E-state index in [1.54, 1.807) is 6.07 Å². The van der Waals surface area contributed by atoms with E-state index in [2.05, 4.69) is 35.1 Å². The molecule has 7 nitrogen and oxygen atoms in total. The summed E-state index contributed by atoms with van der Waals surface area (Å²) in [4.78, 5) is 4.48. The molecule has 0 saturated heterocycles. The molecule has 0 fully saturated rings. The third-order valence-corrected chi connectivity index (χ3v) is 5.05. The number of ether oxygens (including phenoxy) is 1. The van der Waals surface area contributed by atoms with Crippen molar-refractivity contribution in [3.05, 3.63) is 40.4 Å². The van der Waals surface area contributed by atoms with E-state index in [1.807, 2.05) is 6.92 Å². The fourth-order valence-corrected chi connectivity index (χ4v) is 3.61. The van der Waals surface area contributed by atoms with Gasteiger partial charge < -0.3 is 19.9 Å². The van der Waals surface area contributed by atoms with Crippen LogP contribution < -0.4 is 15.4 Å². The minimum Gasteiger partial charge on any atom is -0.434 e. The zero-order chi connectivity index (χ0) is 21.3. The van der Waals surface area contributed by atoms with Gasteiger partial charge in [-0.05, 0) is 38.0 Å². The highest BCUT2D eigenvalue weighted by Gasteiger charge is 2.14. The Bertz CT molecular complexity index is 864. The maximum atomic E-state index is 12.6. The zero-order valence-corrected chi connectivity index (χ0v) is 20.5. The average molecular weight is 569 g/mol. The first-order valence-electron chi connectivity index (χ1n) is 10.2. The highest BCUT2D eigenvalue weighted by molar-refractivity contribution is 14.0. The van der Waals surface area contributed by atoms with E-state index in [1.165, 1.54) is 18.6 Å². The molecule has 0 bridgehead atoms. The second-order valence-electron chi connectivity index (χ2n) is 7.00. The number of hydrogen-bond acceptors (Lipinski definition) is 4. The van der Waals surface area contributed by atoms with E-state index in [0.29, 0.717) is 36.1 Å². The van der Waals surface area contributed by atoms with Gasteiger partial charge in [-0.2, -0.15) is 8.78 Å². The van der Waals surface area contributed by atoms with Gasteiger partial charge in [0, 0.05) is 43.1 Å². The molecule has 1 aromatic carbocycles. The number of alkyl halides is 2. The number of nitrogens with one attached hydrogen (secondary N) is 2. The van der Waals surface area contributed by atoms with Crippen LogP contribution in [0.3, 0.4) is 0 Å². The van der Waals surface area contributed by atoms with Crippen LogP contribution in [0.4, 0.5) is 8.78 Å². The van der Waals surface area contributed by atoms with Crippen molar-refractivity contribution >= 4 is 41.5 Å². The van der Waals surface area contributed by atoms with Crippen LogP contribution in [0.2, 0.25) is 5.02 Å². The third kappa shape index (κ3) is 7.74. The van der Waals surface area contributed by atoms with Crippen molar-refractivity contribution in [1.29, 1.82) is 0 Å². The van der Waals surface area contributed by atoms with Crippen molar-refractivity contribution < 1.29 is 13.5 Å². The molecule has 1 aromatic heterocycles. The van der Waals surface area contributed by atoms with Crippen molar-refractivity contribution in [3.8, 4) is 5.75 Å². The molecule has 2 heterocycles. The van der Waals surface area contributed by atoms with Crippen molar-refractivity contribution in [2.24, 2.45) is 4.99 Å². The Morgan fingerprint density at radius 3 is 2.87 bits per heavy atom. The highest BCUT2D eigenvalue weighted by Crippen LogP contribution is 2.25.